The van der Waals surface area contributed by atoms with Gasteiger partial charge >= 0.3 is 6.03 Å². The maximum absolute atomic E-state index is 11.8. The summed E-state index contributed by atoms with van der Waals surface area (Å²) >= 11 is 0. The van der Waals surface area contributed by atoms with Crippen molar-refractivity contribution in [3.05, 3.63) is 72.6 Å². The number of nitrogens with one attached hydrogen (secondary N) is 3. The zero-order valence-electron chi connectivity index (χ0n) is 22.4. The van der Waals surface area contributed by atoms with Gasteiger partial charge in [-0.3, -0.25) is 9.58 Å². The minimum atomic E-state index is -0.229. The van der Waals surface area contributed by atoms with E-state index in [4.69, 9.17) is 9.72 Å². The molecule has 10 nitrogen and oxygen atoms in total. The molecule has 0 aliphatic carbocycles. The summed E-state index contributed by atoms with van der Waals surface area (Å²) in [6.45, 7) is 7.08. The van der Waals surface area contributed by atoms with Gasteiger partial charge in [0.2, 0.25) is 5.95 Å². The Bertz CT molecular complexity index is 1400. The van der Waals surface area contributed by atoms with Crippen LogP contribution in [-0.2, 0) is 18.2 Å². The van der Waals surface area contributed by atoms with Gasteiger partial charge in [-0.2, -0.15) is 5.10 Å². The lowest BCUT2D eigenvalue weighted by Gasteiger charge is -2.26. The molecule has 1 aliphatic heterocycles. The van der Waals surface area contributed by atoms with Crippen LogP contribution in [0.5, 0.6) is 0 Å². The minimum absolute atomic E-state index is 0.229. The number of hydrogen-bond acceptors (Lipinski definition) is 7. The first-order chi connectivity index (χ1) is 19.1. The Kier molecular flexibility index (Phi) is 8.45. The maximum atomic E-state index is 11.8. The smallest absolute Gasteiger partial charge is 0.319 e. The first kappa shape index (κ1) is 26.3. The van der Waals surface area contributed by atoms with Gasteiger partial charge in [-0.1, -0.05) is 24.3 Å². The van der Waals surface area contributed by atoms with Crippen LogP contribution in [0.2, 0.25) is 0 Å². The van der Waals surface area contributed by atoms with Crippen molar-refractivity contribution < 1.29 is 9.53 Å². The number of hydrogen-bond donors (Lipinski definition) is 3. The van der Waals surface area contributed by atoms with Crippen LogP contribution in [-0.4, -0.2) is 70.1 Å². The summed E-state index contributed by atoms with van der Waals surface area (Å²) < 4.78 is 7.23. The largest absolute Gasteiger partial charge is 0.379 e. The molecular formula is C29H34N8O2. The summed E-state index contributed by atoms with van der Waals surface area (Å²) in [7, 11) is 1.89. The third-order valence-corrected chi connectivity index (χ3v) is 6.52. The summed E-state index contributed by atoms with van der Waals surface area (Å²) in [6, 6.07) is 17.7. The number of urea groups is 1. The molecule has 4 aromatic rings. The Labute approximate surface area is 228 Å². The molecule has 0 atom stereocenters. The predicted molar refractivity (Wildman–Crippen MR) is 153 cm³/mol. The fourth-order valence-electron chi connectivity index (χ4n) is 4.55. The van der Waals surface area contributed by atoms with E-state index in [0.717, 1.165) is 67.5 Å². The van der Waals surface area contributed by atoms with Crippen LogP contribution in [0.15, 0.2) is 67.0 Å². The number of carbonyl (C=O) groups is 1. The zero-order chi connectivity index (χ0) is 27.0. The number of aryl methyl sites for hydroxylation is 1. The van der Waals surface area contributed by atoms with E-state index in [1.54, 1.807) is 10.9 Å². The van der Waals surface area contributed by atoms with Gasteiger partial charge in [-0.25, -0.2) is 14.8 Å². The number of anilines is 3. The number of ether oxygens (including phenoxy) is 1. The van der Waals surface area contributed by atoms with E-state index in [9.17, 15) is 4.79 Å². The third kappa shape index (κ3) is 6.98. The van der Waals surface area contributed by atoms with Crippen molar-refractivity contribution >= 4 is 23.4 Å². The maximum Gasteiger partial charge on any atom is 0.319 e. The van der Waals surface area contributed by atoms with Crippen molar-refractivity contribution in [1.29, 1.82) is 0 Å². The van der Waals surface area contributed by atoms with Crippen molar-refractivity contribution in [3.63, 3.8) is 0 Å². The number of amides is 2. The Hall–Kier alpha value is -4.28. The van der Waals surface area contributed by atoms with Crippen molar-refractivity contribution in [1.82, 2.24) is 30.0 Å². The normalized spacial score (nSPS) is 13.7. The molecule has 0 radical (unpaired) electrons. The average Bonchev–Trinajstić information content (AvgIpc) is 3.35. The molecule has 202 valence electrons. The number of rotatable bonds is 9. The number of benzene rings is 2. The number of nitrogens with zero attached hydrogens (tertiary/aromatic N) is 5. The lowest BCUT2D eigenvalue weighted by Crippen LogP contribution is -2.37. The molecular weight excluding hydrogens is 492 g/mol. The second-order valence-corrected chi connectivity index (χ2v) is 9.42. The molecule has 10 heteroatoms. The van der Waals surface area contributed by atoms with Crippen molar-refractivity contribution in [2.75, 3.05) is 50.0 Å². The van der Waals surface area contributed by atoms with Crippen LogP contribution in [0.4, 0.5) is 22.1 Å². The fraction of sp³-hybridized carbons (Fsp3) is 0.310. The van der Waals surface area contributed by atoms with Crippen molar-refractivity contribution in [3.8, 4) is 22.5 Å². The highest BCUT2D eigenvalue weighted by Crippen LogP contribution is 2.31. The van der Waals surface area contributed by atoms with Crippen LogP contribution in [0, 0.1) is 0 Å². The van der Waals surface area contributed by atoms with Crippen molar-refractivity contribution in [2.24, 2.45) is 7.05 Å². The van der Waals surface area contributed by atoms with Crippen LogP contribution in [0.25, 0.3) is 22.5 Å². The van der Waals surface area contributed by atoms with Crippen LogP contribution < -0.4 is 16.0 Å². The standard InChI is InChI=1S/C29H34N8O2/c1-3-30-29(38)33-23-9-7-22(8-10-23)27-25(20-36(2)35-27)26-11-13-31-28(34-26)32-24-6-4-5-21(19-24)12-14-37-15-17-39-18-16-37/h4-11,13,19-20H,3,12,14-18H2,1-2H3,(H2,30,33,38)(H,31,32,34). The molecule has 0 unspecified atom stereocenters. The summed E-state index contributed by atoms with van der Waals surface area (Å²) in [6.07, 6.45) is 4.69. The third-order valence-electron chi connectivity index (χ3n) is 6.52. The highest BCUT2D eigenvalue weighted by atomic mass is 16.5. The van der Waals surface area contributed by atoms with E-state index in [1.807, 2.05) is 56.6 Å². The Morgan fingerprint density at radius 2 is 1.87 bits per heavy atom. The van der Waals surface area contributed by atoms with Gasteiger partial charge in [-0.15, -0.1) is 0 Å². The second kappa shape index (κ2) is 12.5. The van der Waals surface area contributed by atoms with Crippen LogP contribution >= 0.6 is 0 Å². The number of morpholine rings is 1. The monoisotopic (exact) mass is 526 g/mol. The molecule has 2 amide bonds. The molecule has 0 spiro atoms. The van der Waals surface area contributed by atoms with Gasteiger partial charge in [0.05, 0.1) is 18.9 Å². The average molecular weight is 527 g/mol. The summed E-state index contributed by atoms with van der Waals surface area (Å²) in [5.41, 5.74) is 6.32. The van der Waals surface area contributed by atoms with E-state index in [0.29, 0.717) is 18.2 Å². The molecule has 2 aromatic carbocycles. The van der Waals surface area contributed by atoms with E-state index < -0.39 is 0 Å². The molecule has 39 heavy (non-hydrogen) atoms. The summed E-state index contributed by atoms with van der Waals surface area (Å²) in [5.74, 6) is 0.522. The molecule has 0 saturated carbocycles. The van der Waals surface area contributed by atoms with E-state index in [2.05, 4.69) is 49.1 Å². The molecule has 2 aromatic heterocycles. The topological polar surface area (TPSA) is 109 Å². The van der Waals surface area contributed by atoms with Crippen LogP contribution in [0.3, 0.4) is 0 Å². The van der Waals surface area contributed by atoms with Gasteiger partial charge in [-0.05, 0) is 49.2 Å². The van der Waals surface area contributed by atoms with E-state index in [1.165, 1.54) is 5.56 Å². The Morgan fingerprint density at radius 1 is 1.05 bits per heavy atom. The lowest BCUT2D eigenvalue weighted by atomic mass is 10.1. The molecule has 3 heterocycles. The van der Waals surface area contributed by atoms with E-state index >= 15 is 0 Å². The van der Waals surface area contributed by atoms with Crippen LogP contribution in [0.1, 0.15) is 12.5 Å². The first-order valence-corrected chi connectivity index (χ1v) is 13.3. The summed E-state index contributed by atoms with van der Waals surface area (Å²) in [5, 5.41) is 13.6. The molecule has 3 N–H and O–H groups in total. The molecule has 1 aliphatic rings. The second-order valence-electron chi connectivity index (χ2n) is 9.42. The zero-order valence-corrected chi connectivity index (χ0v) is 22.4. The number of carbonyl (C=O) groups excluding carboxylic acids is 1. The van der Waals surface area contributed by atoms with Crippen molar-refractivity contribution in [2.45, 2.75) is 13.3 Å². The Balaban J connectivity index is 1.30. The van der Waals surface area contributed by atoms with Gasteiger partial charge in [0, 0.05) is 68.1 Å². The summed E-state index contributed by atoms with van der Waals surface area (Å²) in [4.78, 5) is 23.5. The molecule has 0 bridgehead atoms. The van der Waals surface area contributed by atoms with Gasteiger partial charge in [0.25, 0.3) is 0 Å². The predicted octanol–water partition coefficient (Wildman–Crippen LogP) is 4.30. The first-order valence-electron chi connectivity index (χ1n) is 13.3. The molecule has 1 fully saturated rings. The highest BCUT2D eigenvalue weighted by Gasteiger charge is 2.15. The quantitative estimate of drug-likeness (QED) is 0.298. The lowest BCUT2D eigenvalue weighted by molar-refractivity contribution is 0.0384. The van der Waals surface area contributed by atoms with Gasteiger partial charge < -0.3 is 20.7 Å². The fourth-order valence-corrected chi connectivity index (χ4v) is 4.55. The van der Waals surface area contributed by atoms with E-state index in [-0.39, 0.29) is 6.03 Å². The van der Waals surface area contributed by atoms with Gasteiger partial charge in [0.1, 0.15) is 5.69 Å². The highest BCUT2D eigenvalue weighted by molar-refractivity contribution is 5.89. The number of aromatic nitrogens is 4. The Morgan fingerprint density at radius 3 is 2.67 bits per heavy atom. The van der Waals surface area contributed by atoms with Gasteiger partial charge in [0.15, 0.2) is 0 Å². The SMILES string of the molecule is CCNC(=O)Nc1ccc(-c2nn(C)cc2-c2ccnc(Nc3cccc(CCN4CCOCC4)c3)n2)cc1. The molecule has 1 saturated heterocycles. The minimum Gasteiger partial charge on any atom is -0.379 e. The molecule has 5 rings (SSSR count).